The number of amides is 1. The molecule has 2 atom stereocenters. The summed E-state index contributed by atoms with van der Waals surface area (Å²) in [6.07, 6.45) is 1.02. The number of nitrogens with one attached hydrogen (secondary N) is 1. The topological polar surface area (TPSA) is 41.6 Å². The summed E-state index contributed by atoms with van der Waals surface area (Å²) in [6, 6.07) is 4.11. The van der Waals surface area contributed by atoms with Crippen molar-refractivity contribution >= 4 is 11.6 Å². The van der Waals surface area contributed by atoms with Gasteiger partial charge in [-0.3, -0.25) is 4.79 Å². The number of piperidine rings is 1. The van der Waals surface area contributed by atoms with Crippen LogP contribution in [0.5, 0.6) is 5.75 Å². The number of methoxy groups -OCH3 is 1. The van der Waals surface area contributed by atoms with E-state index in [1.54, 1.807) is 7.11 Å². The van der Waals surface area contributed by atoms with E-state index in [0.717, 1.165) is 36.5 Å². The van der Waals surface area contributed by atoms with Crippen LogP contribution in [-0.2, 0) is 4.79 Å². The van der Waals surface area contributed by atoms with E-state index in [2.05, 4.69) is 11.4 Å². The smallest absolute Gasteiger partial charge is 0.231 e. The molecule has 2 aliphatic rings. The molecular weight excluding hydrogens is 240 g/mol. The molecule has 0 aliphatic carbocycles. The number of benzene rings is 1. The Labute approximate surface area is 113 Å². The average Bonchev–Trinajstić information content (AvgIpc) is 2.44. The van der Waals surface area contributed by atoms with Gasteiger partial charge in [-0.05, 0) is 43.1 Å². The monoisotopic (exact) mass is 260 g/mol. The number of fused-ring (bicyclic) bond motifs is 3. The highest BCUT2D eigenvalue weighted by atomic mass is 16.5. The number of hydrogen-bond acceptors (Lipinski definition) is 3. The number of anilines is 1. The Morgan fingerprint density at radius 3 is 2.89 bits per heavy atom. The maximum atomic E-state index is 12.5. The summed E-state index contributed by atoms with van der Waals surface area (Å²) in [4.78, 5) is 14.3. The second-order valence-electron chi connectivity index (χ2n) is 5.49. The highest BCUT2D eigenvalue weighted by Gasteiger charge is 2.40. The second-order valence-corrected chi connectivity index (χ2v) is 5.49. The second kappa shape index (κ2) is 4.53. The van der Waals surface area contributed by atoms with Crippen molar-refractivity contribution in [3.05, 3.63) is 23.3 Å². The molecule has 0 saturated carbocycles. The predicted molar refractivity (Wildman–Crippen MR) is 74.9 cm³/mol. The molecule has 102 valence electrons. The standard InChI is InChI=1S/C15H20N2O2/c1-9-6-10(19-3)7-12-11-4-5-16-8-13(11)15(18)17(2)14(9)12/h6-7,11,13,16H,4-5,8H2,1-3H3. The molecule has 0 spiro atoms. The Balaban J connectivity index is 2.16. The third kappa shape index (κ3) is 1.82. The van der Waals surface area contributed by atoms with Gasteiger partial charge in [0.2, 0.25) is 5.91 Å². The minimum Gasteiger partial charge on any atom is -0.497 e. The van der Waals surface area contributed by atoms with E-state index in [1.807, 2.05) is 24.9 Å². The maximum absolute atomic E-state index is 12.5. The Morgan fingerprint density at radius 2 is 2.16 bits per heavy atom. The average molecular weight is 260 g/mol. The van der Waals surface area contributed by atoms with Gasteiger partial charge in [-0.25, -0.2) is 0 Å². The fourth-order valence-corrected chi connectivity index (χ4v) is 3.48. The van der Waals surface area contributed by atoms with Crippen LogP contribution in [0.3, 0.4) is 0 Å². The van der Waals surface area contributed by atoms with Crippen molar-refractivity contribution in [1.82, 2.24) is 5.32 Å². The zero-order valence-electron chi connectivity index (χ0n) is 11.7. The van der Waals surface area contributed by atoms with Crippen LogP contribution in [0.2, 0.25) is 0 Å². The number of hydrogen-bond donors (Lipinski definition) is 1. The lowest BCUT2D eigenvalue weighted by Gasteiger charge is -2.41. The molecule has 2 unspecified atom stereocenters. The Kier molecular flexibility index (Phi) is 2.97. The van der Waals surface area contributed by atoms with Crippen molar-refractivity contribution in [2.75, 3.05) is 32.1 Å². The van der Waals surface area contributed by atoms with Gasteiger partial charge in [0.15, 0.2) is 0 Å². The molecule has 2 aliphatic heterocycles. The van der Waals surface area contributed by atoms with Gasteiger partial charge >= 0.3 is 0 Å². The van der Waals surface area contributed by atoms with Crippen molar-refractivity contribution in [3.8, 4) is 5.75 Å². The number of ether oxygens (including phenoxy) is 1. The Morgan fingerprint density at radius 1 is 1.37 bits per heavy atom. The SMILES string of the molecule is COc1cc(C)c2c(c1)C1CCNCC1C(=O)N2C. The summed E-state index contributed by atoms with van der Waals surface area (Å²) >= 11 is 0. The van der Waals surface area contributed by atoms with Crippen molar-refractivity contribution in [2.45, 2.75) is 19.3 Å². The van der Waals surface area contributed by atoms with Crippen LogP contribution in [0.4, 0.5) is 5.69 Å². The first kappa shape index (κ1) is 12.5. The molecule has 1 N–H and O–H groups in total. The highest BCUT2D eigenvalue weighted by molar-refractivity contribution is 5.99. The zero-order chi connectivity index (χ0) is 13.6. The number of aryl methyl sites for hydroxylation is 1. The van der Waals surface area contributed by atoms with Gasteiger partial charge in [-0.2, -0.15) is 0 Å². The lowest BCUT2D eigenvalue weighted by molar-refractivity contribution is -0.123. The van der Waals surface area contributed by atoms with Crippen LogP contribution in [0, 0.1) is 12.8 Å². The fourth-order valence-electron chi connectivity index (χ4n) is 3.48. The van der Waals surface area contributed by atoms with Crippen molar-refractivity contribution in [3.63, 3.8) is 0 Å². The molecule has 1 aromatic carbocycles. The van der Waals surface area contributed by atoms with Gasteiger partial charge in [-0.15, -0.1) is 0 Å². The van der Waals surface area contributed by atoms with Gasteiger partial charge in [-0.1, -0.05) is 0 Å². The molecule has 3 rings (SSSR count). The van der Waals surface area contributed by atoms with Crippen LogP contribution in [0.15, 0.2) is 12.1 Å². The predicted octanol–water partition coefficient (Wildman–Crippen LogP) is 1.67. The first-order valence-electron chi connectivity index (χ1n) is 6.80. The van der Waals surface area contributed by atoms with E-state index in [4.69, 9.17) is 4.74 Å². The van der Waals surface area contributed by atoms with Crippen LogP contribution in [0.1, 0.15) is 23.5 Å². The third-order valence-electron chi connectivity index (χ3n) is 4.40. The van der Waals surface area contributed by atoms with Crippen molar-refractivity contribution < 1.29 is 9.53 Å². The Bertz CT molecular complexity index is 527. The van der Waals surface area contributed by atoms with Gasteiger partial charge in [0, 0.05) is 25.2 Å². The molecular formula is C15H20N2O2. The normalized spacial score (nSPS) is 25.8. The van der Waals surface area contributed by atoms with Crippen LogP contribution in [0.25, 0.3) is 0 Å². The van der Waals surface area contributed by atoms with E-state index in [1.165, 1.54) is 5.56 Å². The Hall–Kier alpha value is -1.55. The van der Waals surface area contributed by atoms with Crippen molar-refractivity contribution in [1.29, 1.82) is 0 Å². The maximum Gasteiger partial charge on any atom is 0.231 e. The molecule has 4 nitrogen and oxygen atoms in total. The summed E-state index contributed by atoms with van der Waals surface area (Å²) in [5.41, 5.74) is 3.46. The van der Waals surface area contributed by atoms with Crippen LogP contribution in [-0.4, -0.2) is 33.2 Å². The summed E-state index contributed by atoms with van der Waals surface area (Å²) in [7, 11) is 3.57. The van der Waals surface area contributed by atoms with Gasteiger partial charge in [0.25, 0.3) is 0 Å². The number of nitrogens with zero attached hydrogens (tertiary/aromatic N) is 1. The number of carbonyl (C=O) groups is 1. The molecule has 2 heterocycles. The van der Waals surface area contributed by atoms with E-state index >= 15 is 0 Å². The van der Waals surface area contributed by atoms with Crippen LogP contribution >= 0.6 is 0 Å². The zero-order valence-corrected chi connectivity index (χ0v) is 11.7. The molecule has 0 aromatic heterocycles. The molecule has 1 saturated heterocycles. The first-order chi connectivity index (χ1) is 9.13. The van der Waals surface area contributed by atoms with E-state index in [9.17, 15) is 4.79 Å². The molecule has 4 heteroatoms. The highest BCUT2D eigenvalue weighted by Crippen LogP contribution is 2.44. The van der Waals surface area contributed by atoms with Crippen molar-refractivity contribution in [2.24, 2.45) is 5.92 Å². The molecule has 0 radical (unpaired) electrons. The van der Waals surface area contributed by atoms with Gasteiger partial charge in [0.1, 0.15) is 5.75 Å². The first-order valence-corrected chi connectivity index (χ1v) is 6.80. The largest absolute Gasteiger partial charge is 0.497 e. The molecule has 1 fully saturated rings. The van der Waals surface area contributed by atoms with Gasteiger partial charge < -0.3 is 15.0 Å². The summed E-state index contributed by atoms with van der Waals surface area (Å²) in [5.74, 6) is 1.51. The van der Waals surface area contributed by atoms with Crippen LogP contribution < -0.4 is 15.0 Å². The summed E-state index contributed by atoms with van der Waals surface area (Å²) in [6.45, 7) is 3.81. The van der Waals surface area contributed by atoms with E-state index in [-0.39, 0.29) is 11.8 Å². The number of rotatable bonds is 1. The van der Waals surface area contributed by atoms with E-state index < -0.39 is 0 Å². The summed E-state index contributed by atoms with van der Waals surface area (Å²) in [5, 5.41) is 3.33. The van der Waals surface area contributed by atoms with E-state index in [0.29, 0.717) is 5.92 Å². The molecule has 1 amide bonds. The third-order valence-corrected chi connectivity index (χ3v) is 4.40. The minimum absolute atomic E-state index is 0.0674. The molecule has 1 aromatic rings. The van der Waals surface area contributed by atoms with Gasteiger partial charge in [0.05, 0.1) is 13.0 Å². The minimum atomic E-state index is 0.0674. The quantitative estimate of drug-likeness (QED) is 0.835. The number of carbonyl (C=O) groups excluding carboxylic acids is 1. The summed E-state index contributed by atoms with van der Waals surface area (Å²) < 4.78 is 5.38. The fraction of sp³-hybridized carbons (Fsp3) is 0.533. The molecule has 19 heavy (non-hydrogen) atoms. The lowest BCUT2D eigenvalue weighted by atomic mass is 9.76. The molecule has 0 bridgehead atoms. The lowest BCUT2D eigenvalue weighted by Crippen LogP contribution is -2.49.